The molecule has 1 heterocycles. The summed E-state index contributed by atoms with van der Waals surface area (Å²) in [5.41, 5.74) is 5.53. The molecule has 152 valence electrons. The molecule has 0 aromatic heterocycles. The summed E-state index contributed by atoms with van der Waals surface area (Å²) in [6.45, 7) is 1.71. The standard InChI is InChI=1S/C26H24FNO2/c27-25-12-6-5-11-22(25)23-15-28-14-17(23)13-26(29)30-16-24-20-9-3-1-7-18(20)19-8-2-4-10-21(19)24/h1-12,17,23-24,28H,13-16H2/t17-,23-/m0/s1. The van der Waals surface area contributed by atoms with E-state index in [0.717, 1.165) is 0 Å². The number of esters is 1. The van der Waals surface area contributed by atoms with E-state index in [1.165, 1.54) is 28.3 Å². The van der Waals surface area contributed by atoms with Crippen molar-refractivity contribution in [2.24, 2.45) is 5.92 Å². The van der Waals surface area contributed by atoms with Gasteiger partial charge in [0.2, 0.25) is 0 Å². The molecule has 1 saturated heterocycles. The van der Waals surface area contributed by atoms with Gasteiger partial charge in [-0.15, -0.1) is 0 Å². The van der Waals surface area contributed by atoms with Crippen LogP contribution in [-0.2, 0) is 9.53 Å². The maximum Gasteiger partial charge on any atom is 0.306 e. The minimum Gasteiger partial charge on any atom is -0.465 e. The highest BCUT2D eigenvalue weighted by atomic mass is 19.1. The fourth-order valence-electron chi connectivity index (χ4n) is 4.98. The van der Waals surface area contributed by atoms with E-state index in [4.69, 9.17) is 4.74 Å². The number of rotatable bonds is 5. The molecular formula is C26H24FNO2. The van der Waals surface area contributed by atoms with Gasteiger partial charge in [0, 0.05) is 18.4 Å². The Morgan fingerprint density at radius 1 is 0.867 bits per heavy atom. The van der Waals surface area contributed by atoms with E-state index in [1.54, 1.807) is 6.07 Å². The summed E-state index contributed by atoms with van der Waals surface area (Å²) < 4.78 is 20.0. The van der Waals surface area contributed by atoms with E-state index in [-0.39, 0.29) is 29.5 Å². The quantitative estimate of drug-likeness (QED) is 0.620. The number of ether oxygens (including phenoxy) is 1. The van der Waals surface area contributed by atoms with E-state index in [0.29, 0.717) is 31.7 Å². The monoisotopic (exact) mass is 401 g/mol. The zero-order valence-electron chi connectivity index (χ0n) is 16.7. The summed E-state index contributed by atoms with van der Waals surface area (Å²) in [6, 6.07) is 23.5. The van der Waals surface area contributed by atoms with Crippen molar-refractivity contribution in [2.75, 3.05) is 19.7 Å². The van der Waals surface area contributed by atoms with Gasteiger partial charge in [0.05, 0.1) is 6.42 Å². The number of carbonyl (C=O) groups is 1. The topological polar surface area (TPSA) is 38.3 Å². The summed E-state index contributed by atoms with van der Waals surface area (Å²) in [6.07, 6.45) is 0.294. The molecule has 0 unspecified atom stereocenters. The highest BCUT2D eigenvalue weighted by Gasteiger charge is 2.33. The van der Waals surface area contributed by atoms with Gasteiger partial charge in [0.15, 0.2) is 0 Å². The van der Waals surface area contributed by atoms with Crippen molar-refractivity contribution in [3.8, 4) is 11.1 Å². The van der Waals surface area contributed by atoms with Gasteiger partial charge >= 0.3 is 5.97 Å². The van der Waals surface area contributed by atoms with Gasteiger partial charge in [-0.05, 0) is 46.3 Å². The van der Waals surface area contributed by atoms with Crippen LogP contribution in [0.2, 0.25) is 0 Å². The third-order valence-electron chi connectivity index (χ3n) is 6.45. The van der Waals surface area contributed by atoms with Crippen LogP contribution in [0.1, 0.15) is 34.9 Å². The molecule has 0 amide bonds. The van der Waals surface area contributed by atoms with Gasteiger partial charge in [-0.2, -0.15) is 0 Å². The van der Waals surface area contributed by atoms with E-state index < -0.39 is 0 Å². The van der Waals surface area contributed by atoms with Crippen LogP contribution >= 0.6 is 0 Å². The van der Waals surface area contributed by atoms with Gasteiger partial charge in [-0.3, -0.25) is 4.79 Å². The van der Waals surface area contributed by atoms with Crippen LogP contribution in [0, 0.1) is 11.7 Å². The molecule has 1 N–H and O–H groups in total. The van der Waals surface area contributed by atoms with E-state index in [1.807, 2.05) is 36.4 Å². The predicted molar refractivity (Wildman–Crippen MR) is 115 cm³/mol. The number of nitrogens with one attached hydrogen (secondary N) is 1. The first-order valence-electron chi connectivity index (χ1n) is 10.5. The molecule has 3 aromatic carbocycles. The van der Waals surface area contributed by atoms with E-state index >= 15 is 0 Å². The molecule has 3 nitrogen and oxygen atoms in total. The van der Waals surface area contributed by atoms with Crippen molar-refractivity contribution in [1.82, 2.24) is 5.32 Å². The molecule has 1 fully saturated rings. The molecule has 0 saturated carbocycles. The predicted octanol–water partition coefficient (Wildman–Crippen LogP) is 4.87. The second-order valence-corrected chi connectivity index (χ2v) is 8.16. The Kier molecular flexibility index (Phi) is 5.09. The molecule has 4 heteroatoms. The van der Waals surface area contributed by atoms with Crippen LogP contribution < -0.4 is 5.32 Å². The smallest absolute Gasteiger partial charge is 0.306 e. The van der Waals surface area contributed by atoms with Gasteiger partial charge in [0.1, 0.15) is 12.4 Å². The molecule has 0 bridgehead atoms. The third kappa shape index (κ3) is 3.41. The molecule has 5 rings (SSSR count). The lowest BCUT2D eigenvalue weighted by molar-refractivity contribution is -0.145. The highest BCUT2D eigenvalue weighted by Crippen LogP contribution is 2.44. The molecule has 0 radical (unpaired) electrons. The van der Waals surface area contributed by atoms with Crippen molar-refractivity contribution in [2.45, 2.75) is 18.3 Å². The second-order valence-electron chi connectivity index (χ2n) is 8.16. The maximum atomic E-state index is 14.2. The first kappa shape index (κ1) is 19.0. The molecule has 2 aliphatic rings. The third-order valence-corrected chi connectivity index (χ3v) is 6.45. The van der Waals surface area contributed by atoms with Gasteiger partial charge < -0.3 is 10.1 Å². The molecule has 2 atom stereocenters. The summed E-state index contributed by atoms with van der Waals surface area (Å²) >= 11 is 0. The SMILES string of the molecule is O=C(C[C@H]1CNC[C@@H]1c1ccccc1F)OCC1c2ccccc2-c2ccccc21. The average Bonchev–Trinajstić information content (AvgIpc) is 3.35. The lowest BCUT2D eigenvalue weighted by Gasteiger charge is -2.20. The van der Waals surface area contributed by atoms with Gasteiger partial charge in [0.25, 0.3) is 0 Å². The zero-order chi connectivity index (χ0) is 20.5. The Balaban J connectivity index is 1.27. The van der Waals surface area contributed by atoms with E-state index in [2.05, 4.69) is 29.6 Å². The largest absolute Gasteiger partial charge is 0.465 e. The summed E-state index contributed by atoms with van der Waals surface area (Å²) in [4.78, 5) is 12.7. The minimum atomic E-state index is -0.216. The Hall–Kier alpha value is -2.98. The molecule has 1 aliphatic heterocycles. The molecule has 3 aromatic rings. The highest BCUT2D eigenvalue weighted by molar-refractivity contribution is 5.79. The van der Waals surface area contributed by atoms with Crippen LogP contribution in [0.4, 0.5) is 4.39 Å². The van der Waals surface area contributed by atoms with Gasteiger partial charge in [-0.25, -0.2) is 4.39 Å². The van der Waals surface area contributed by atoms with Crippen LogP contribution in [-0.4, -0.2) is 25.7 Å². The summed E-state index contributed by atoms with van der Waals surface area (Å²) in [5, 5.41) is 3.30. The Morgan fingerprint density at radius 2 is 1.47 bits per heavy atom. The van der Waals surface area contributed by atoms with Crippen molar-refractivity contribution in [1.29, 1.82) is 0 Å². The van der Waals surface area contributed by atoms with Gasteiger partial charge in [-0.1, -0.05) is 66.7 Å². The molecule has 1 aliphatic carbocycles. The average molecular weight is 401 g/mol. The lowest BCUT2D eigenvalue weighted by atomic mass is 9.86. The summed E-state index contributed by atoms with van der Waals surface area (Å²) in [5.74, 6) is -0.328. The normalized spacial score (nSPS) is 20.0. The Bertz CT molecular complexity index is 1030. The Labute approximate surface area is 175 Å². The van der Waals surface area contributed by atoms with Crippen LogP contribution in [0.25, 0.3) is 11.1 Å². The minimum absolute atomic E-state index is 0.00770. The number of hydrogen-bond donors (Lipinski definition) is 1. The van der Waals surface area contributed by atoms with Crippen LogP contribution in [0.5, 0.6) is 0 Å². The maximum absolute atomic E-state index is 14.2. The molecular weight excluding hydrogens is 377 g/mol. The number of hydrogen-bond acceptors (Lipinski definition) is 3. The number of halogens is 1. The van der Waals surface area contributed by atoms with Crippen LogP contribution in [0.15, 0.2) is 72.8 Å². The van der Waals surface area contributed by atoms with Crippen molar-refractivity contribution < 1.29 is 13.9 Å². The van der Waals surface area contributed by atoms with Crippen molar-refractivity contribution in [3.05, 3.63) is 95.3 Å². The zero-order valence-corrected chi connectivity index (χ0v) is 16.7. The van der Waals surface area contributed by atoms with E-state index in [9.17, 15) is 9.18 Å². The first-order chi connectivity index (χ1) is 14.7. The lowest BCUT2D eigenvalue weighted by Crippen LogP contribution is -2.20. The molecule has 0 spiro atoms. The molecule has 30 heavy (non-hydrogen) atoms. The number of benzene rings is 3. The first-order valence-corrected chi connectivity index (χ1v) is 10.5. The van der Waals surface area contributed by atoms with Crippen molar-refractivity contribution in [3.63, 3.8) is 0 Å². The Morgan fingerprint density at radius 3 is 2.13 bits per heavy atom. The number of carbonyl (C=O) groups excluding carboxylic acids is 1. The fourth-order valence-corrected chi connectivity index (χ4v) is 4.98. The van der Waals surface area contributed by atoms with Crippen molar-refractivity contribution >= 4 is 5.97 Å². The fraction of sp³-hybridized carbons (Fsp3) is 0.269. The number of fused-ring (bicyclic) bond motifs is 3. The summed E-state index contributed by atoms with van der Waals surface area (Å²) in [7, 11) is 0. The second kappa shape index (κ2) is 8.04. The van der Waals surface area contributed by atoms with Crippen LogP contribution in [0.3, 0.4) is 0 Å².